The molecule has 0 N–H and O–H groups in total. The first-order valence-corrected chi connectivity index (χ1v) is 11.6. The van der Waals surface area contributed by atoms with Crippen LogP contribution in [0.15, 0.2) is 40.2 Å². The summed E-state index contributed by atoms with van der Waals surface area (Å²) in [4.78, 5) is 30.2. The topological polar surface area (TPSA) is 50.5 Å². The predicted molar refractivity (Wildman–Crippen MR) is 130 cm³/mol. The van der Waals surface area contributed by atoms with Gasteiger partial charge in [0.25, 0.3) is 0 Å². The van der Waals surface area contributed by atoms with Crippen molar-refractivity contribution in [2.45, 2.75) is 47.7 Å². The van der Waals surface area contributed by atoms with Crippen molar-refractivity contribution >= 4 is 21.8 Å². The third kappa shape index (κ3) is 4.75. The number of rotatable bonds is 10. The number of pyridine rings is 2. The Morgan fingerprint density at radius 2 is 1.10 bits per heavy atom. The Hall–Kier alpha value is -2.44. The maximum atomic E-state index is 12.7. The van der Waals surface area contributed by atoms with E-state index in [9.17, 15) is 9.59 Å². The summed E-state index contributed by atoms with van der Waals surface area (Å²) in [7, 11) is 0. The zero-order chi connectivity index (χ0) is 22.5. The molecule has 0 aliphatic heterocycles. The van der Waals surface area contributed by atoms with Gasteiger partial charge in [-0.2, -0.15) is 0 Å². The first-order chi connectivity index (χ1) is 14.9. The molecule has 0 unspecified atom stereocenters. The molecule has 0 saturated carbocycles. The molecule has 0 amide bonds. The van der Waals surface area contributed by atoms with Crippen molar-refractivity contribution in [1.29, 1.82) is 0 Å². The Labute approximate surface area is 184 Å². The van der Waals surface area contributed by atoms with E-state index in [0.717, 1.165) is 69.0 Å². The summed E-state index contributed by atoms with van der Waals surface area (Å²) in [6.45, 7) is 18.2. The van der Waals surface area contributed by atoms with Crippen molar-refractivity contribution in [1.82, 2.24) is 18.9 Å². The third-order valence-corrected chi connectivity index (χ3v) is 6.53. The second-order valence-electron chi connectivity index (χ2n) is 8.09. The van der Waals surface area contributed by atoms with E-state index in [1.54, 1.807) is 12.1 Å². The first kappa shape index (κ1) is 23.2. The summed E-state index contributed by atoms with van der Waals surface area (Å²) < 4.78 is 4.35. The Bertz CT molecular complexity index is 1070. The lowest BCUT2D eigenvalue weighted by Gasteiger charge is -2.23. The maximum Gasteiger partial charge on any atom is 0.189 e. The highest BCUT2D eigenvalue weighted by molar-refractivity contribution is 5.98. The van der Waals surface area contributed by atoms with Gasteiger partial charge in [0.2, 0.25) is 0 Å². The molecule has 168 valence electrons. The molecule has 2 aromatic heterocycles. The van der Waals surface area contributed by atoms with Crippen LogP contribution in [0.4, 0.5) is 0 Å². The van der Waals surface area contributed by atoms with E-state index in [-0.39, 0.29) is 10.9 Å². The number of hydrogen-bond acceptors (Lipinski definition) is 4. The van der Waals surface area contributed by atoms with Gasteiger partial charge in [-0.3, -0.25) is 9.59 Å². The van der Waals surface area contributed by atoms with Crippen molar-refractivity contribution < 1.29 is 0 Å². The number of fused-ring (bicyclic) bond motifs is 2. The molecule has 0 fully saturated rings. The quantitative estimate of drug-likeness (QED) is 0.469. The van der Waals surface area contributed by atoms with E-state index in [1.165, 1.54) is 0 Å². The van der Waals surface area contributed by atoms with Crippen molar-refractivity contribution in [3.8, 4) is 0 Å². The molecule has 31 heavy (non-hydrogen) atoms. The highest BCUT2D eigenvalue weighted by Gasteiger charge is 2.15. The van der Waals surface area contributed by atoms with Crippen LogP contribution in [0.25, 0.3) is 21.8 Å². The summed E-state index contributed by atoms with van der Waals surface area (Å²) in [5.41, 5.74) is 2.82. The normalized spacial score (nSPS) is 12.0. The lowest BCUT2D eigenvalue weighted by Crippen LogP contribution is -2.28. The van der Waals surface area contributed by atoms with E-state index in [4.69, 9.17) is 0 Å². The lowest BCUT2D eigenvalue weighted by atomic mass is 10.0. The van der Waals surface area contributed by atoms with Gasteiger partial charge in [-0.05, 0) is 44.7 Å². The molecule has 0 spiro atoms. The van der Waals surface area contributed by atoms with Gasteiger partial charge in [-0.25, -0.2) is 0 Å². The highest BCUT2D eigenvalue weighted by Crippen LogP contribution is 2.25. The zero-order valence-electron chi connectivity index (χ0n) is 19.6. The van der Waals surface area contributed by atoms with Crippen molar-refractivity contribution in [3.63, 3.8) is 0 Å². The van der Waals surface area contributed by atoms with Crippen LogP contribution in [0.2, 0.25) is 0 Å². The molecule has 0 radical (unpaired) electrons. The fourth-order valence-electron chi connectivity index (χ4n) is 4.51. The summed E-state index contributed by atoms with van der Waals surface area (Å²) in [6.07, 6.45) is 3.79. The minimum atomic E-state index is -0.0305. The van der Waals surface area contributed by atoms with Crippen LogP contribution in [0.1, 0.15) is 33.3 Å². The number of likely N-dealkylation sites (N-methyl/N-ethyl adjacent to an activating group) is 2. The Balaban J connectivity index is 2.18. The van der Waals surface area contributed by atoms with Gasteiger partial charge in [0.15, 0.2) is 10.9 Å². The second-order valence-corrected chi connectivity index (χ2v) is 8.09. The lowest BCUT2D eigenvalue weighted by molar-refractivity contribution is 0.291. The van der Waals surface area contributed by atoms with Crippen molar-refractivity contribution in [2.24, 2.45) is 0 Å². The average molecular weight is 425 g/mol. The van der Waals surface area contributed by atoms with E-state index < -0.39 is 0 Å². The third-order valence-electron chi connectivity index (χ3n) is 6.53. The molecular weight excluding hydrogens is 388 g/mol. The summed E-state index contributed by atoms with van der Waals surface area (Å²) >= 11 is 0. The molecule has 3 rings (SSSR count). The Morgan fingerprint density at radius 3 is 1.45 bits per heavy atom. The average Bonchev–Trinajstić information content (AvgIpc) is 2.78. The standard InChI is InChI=1S/C25H36N4O2/c1-6-26(7-2)14-16-28-12-10-22(30)20-18-21-23(31)11-13-29(17-15-27(8-3)9-4)25(21)19(5)24(20)28/h10-13,18H,6-9,14-17H2,1-5H3. The summed E-state index contributed by atoms with van der Waals surface area (Å²) in [5.74, 6) is 0. The van der Waals surface area contributed by atoms with Crippen LogP contribution >= 0.6 is 0 Å². The predicted octanol–water partition coefficient (Wildman–Crippen LogP) is 3.31. The number of hydrogen-bond donors (Lipinski definition) is 0. The SMILES string of the molecule is CCN(CC)CCn1ccc(=O)c2cc3c(=O)ccn(CCN(CC)CC)c3c(C)c21. The number of aromatic nitrogens is 2. The van der Waals surface area contributed by atoms with Gasteiger partial charge in [-0.15, -0.1) is 0 Å². The van der Waals surface area contributed by atoms with Crippen LogP contribution in [0.5, 0.6) is 0 Å². The fourth-order valence-corrected chi connectivity index (χ4v) is 4.51. The molecule has 3 aromatic rings. The minimum absolute atomic E-state index is 0.0305. The minimum Gasteiger partial charge on any atom is -0.346 e. The molecule has 2 heterocycles. The van der Waals surface area contributed by atoms with E-state index in [2.05, 4.69) is 46.6 Å². The Morgan fingerprint density at radius 1 is 0.710 bits per heavy atom. The largest absolute Gasteiger partial charge is 0.346 e. The van der Waals surface area contributed by atoms with Crippen LogP contribution < -0.4 is 10.9 Å². The molecular formula is C25H36N4O2. The van der Waals surface area contributed by atoms with E-state index in [1.807, 2.05) is 25.4 Å². The van der Waals surface area contributed by atoms with Gasteiger partial charge in [0, 0.05) is 61.5 Å². The maximum absolute atomic E-state index is 12.7. The van der Waals surface area contributed by atoms with Gasteiger partial charge >= 0.3 is 0 Å². The van der Waals surface area contributed by atoms with Gasteiger partial charge in [-0.1, -0.05) is 27.7 Å². The van der Waals surface area contributed by atoms with Gasteiger partial charge in [0.1, 0.15) is 0 Å². The van der Waals surface area contributed by atoms with Crippen LogP contribution in [-0.2, 0) is 13.1 Å². The molecule has 0 bridgehead atoms. The van der Waals surface area contributed by atoms with Gasteiger partial charge in [0.05, 0.1) is 11.0 Å². The summed E-state index contributed by atoms with van der Waals surface area (Å²) in [5, 5.41) is 1.26. The van der Waals surface area contributed by atoms with Crippen LogP contribution in [0.3, 0.4) is 0 Å². The highest BCUT2D eigenvalue weighted by atomic mass is 16.1. The van der Waals surface area contributed by atoms with Gasteiger partial charge < -0.3 is 18.9 Å². The van der Waals surface area contributed by atoms with E-state index in [0.29, 0.717) is 10.8 Å². The first-order valence-electron chi connectivity index (χ1n) is 11.6. The number of benzene rings is 1. The van der Waals surface area contributed by atoms with E-state index >= 15 is 0 Å². The summed E-state index contributed by atoms with van der Waals surface area (Å²) in [6, 6.07) is 5.06. The second kappa shape index (κ2) is 10.2. The molecule has 0 atom stereocenters. The zero-order valence-corrected chi connectivity index (χ0v) is 19.6. The smallest absolute Gasteiger partial charge is 0.189 e. The molecule has 0 aliphatic rings. The molecule has 1 aromatic carbocycles. The number of nitrogens with zero attached hydrogens (tertiary/aromatic N) is 4. The Kier molecular flexibility index (Phi) is 7.68. The van der Waals surface area contributed by atoms with Crippen LogP contribution in [-0.4, -0.2) is 58.2 Å². The van der Waals surface area contributed by atoms with Crippen molar-refractivity contribution in [2.75, 3.05) is 39.3 Å². The molecule has 6 nitrogen and oxygen atoms in total. The van der Waals surface area contributed by atoms with Crippen molar-refractivity contribution in [3.05, 3.63) is 56.6 Å². The molecule has 0 saturated heterocycles. The molecule has 6 heteroatoms. The number of aryl methyl sites for hydroxylation is 1. The monoisotopic (exact) mass is 424 g/mol. The van der Waals surface area contributed by atoms with Crippen LogP contribution in [0, 0.1) is 6.92 Å². The fraction of sp³-hybridized carbons (Fsp3) is 0.520. The molecule has 0 aliphatic carbocycles.